The number of nitrogens with one attached hydrogen (secondary N) is 1. The summed E-state index contributed by atoms with van der Waals surface area (Å²) in [7, 11) is 0. The van der Waals surface area contributed by atoms with Gasteiger partial charge in [-0.2, -0.15) is 0 Å². The minimum absolute atomic E-state index is 0.0916. The molecule has 0 bridgehead atoms. The smallest absolute Gasteiger partial charge is 0.146 e. The zero-order valence-corrected chi connectivity index (χ0v) is 9.33. The molecule has 0 saturated heterocycles. The van der Waals surface area contributed by atoms with Crippen molar-refractivity contribution in [1.29, 1.82) is 0 Å². The van der Waals surface area contributed by atoms with Gasteiger partial charge in [-0.1, -0.05) is 13.8 Å². The largest absolute Gasteiger partial charge is 0.394 e. The number of pyridine rings is 1. The van der Waals surface area contributed by atoms with Gasteiger partial charge >= 0.3 is 0 Å². The first-order valence-electron chi connectivity index (χ1n) is 5.27. The molecular formula is C11H19N3O. The highest BCUT2D eigenvalue weighted by molar-refractivity contribution is 5.62. The van der Waals surface area contributed by atoms with E-state index in [1.54, 1.807) is 6.20 Å². The van der Waals surface area contributed by atoms with Crippen LogP contribution in [0.4, 0.5) is 11.5 Å². The Morgan fingerprint density at radius 1 is 1.47 bits per heavy atom. The summed E-state index contributed by atoms with van der Waals surface area (Å²) in [5, 5.41) is 12.7. The molecule has 4 nitrogen and oxygen atoms in total. The first-order valence-corrected chi connectivity index (χ1v) is 5.27. The summed E-state index contributed by atoms with van der Waals surface area (Å²) in [5.74, 6) is 0.470. The Morgan fingerprint density at radius 3 is 2.60 bits per heavy atom. The number of nitrogen functional groups attached to an aromatic ring is 1. The average Bonchev–Trinajstić information content (AvgIpc) is 2.29. The van der Waals surface area contributed by atoms with Crippen molar-refractivity contribution >= 4 is 11.5 Å². The monoisotopic (exact) mass is 209 g/mol. The first kappa shape index (κ1) is 11.8. The molecule has 0 aromatic carbocycles. The lowest BCUT2D eigenvalue weighted by Gasteiger charge is -2.32. The fraction of sp³-hybridized carbons (Fsp3) is 0.545. The van der Waals surface area contributed by atoms with Crippen molar-refractivity contribution in [1.82, 2.24) is 4.98 Å². The van der Waals surface area contributed by atoms with E-state index in [1.807, 2.05) is 26.0 Å². The van der Waals surface area contributed by atoms with Gasteiger partial charge in [0.1, 0.15) is 5.82 Å². The molecule has 84 valence electrons. The quantitative estimate of drug-likeness (QED) is 0.689. The molecule has 0 amide bonds. The number of rotatable bonds is 5. The molecule has 0 unspecified atom stereocenters. The second kappa shape index (κ2) is 4.98. The number of hydrogen-bond donors (Lipinski definition) is 3. The standard InChI is InChI=1S/C11H19N3O/c1-3-11(4-2,8-15)14-9-6-5-7-13-10(9)12/h5-7,14-15H,3-4,8H2,1-2H3,(H2,12,13). The maximum Gasteiger partial charge on any atom is 0.146 e. The Balaban J connectivity index is 2.88. The summed E-state index contributed by atoms with van der Waals surface area (Å²) >= 11 is 0. The molecule has 1 rings (SSSR count). The van der Waals surface area contributed by atoms with Gasteiger partial charge in [0.2, 0.25) is 0 Å². The minimum atomic E-state index is -0.294. The Kier molecular flexibility index (Phi) is 3.91. The van der Waals surface area contributed by atoms with Gasteiger partial charge in [-0.05, 0) is 25.0 Å². The van der Waals surface area contributed by atoms with Crippen molar-refractivity contribution in [3.05, 3.63) is 18.3 Å². The zero-order valence-electron chi connectivity index (χ0n) is 9.33. The van der Waals surface area contributed by atoms with Gasteiger partial charge in [0.05, 0.1) is 17.8 Å². The van der Waals surface area contributed by atoms with Crippen LogP contribution in [0.1, 0.15) is 26.7 Å². The van der Waals surface area contributed by atoms with Gasteiger partial charge < -0.3 is 16.2 Å². The number of nitrogens with two attached hydrogens (primary N) is 1. The van der Waals surface area contributed by atoms with Crippen LogP contribution in [0.3, 0.4) is 0 Å². The average molecular weight is 209 g/mol. The molecule has 0 fully saturated rings. The first-order chi connectivity index (χ1) is 7.17. The van der Waals surface area contributed by atoms with Gasteiger partial charge in [0.25, 0.3) is 0 Å². The summed E-state index contributed by atoms with van der Waals surface area (Å²) in [4.78, 5) is 4.00. The molecular weight excluding hydrogens is 190 g/mol. The van der Waals surface area contributed by atoms with Crippen LogP contribution >= 0.6 is 0 Å². The lowest BCUT2D eigenvalue weighted by atomic mass is 9.93. The van der Waals surface area contributed by atoms with E-state index >= 15 is 0 Å². The fourth-order valence-electron chi connectivity index (χ4n) is 1.50. The maximum absolute atomic E-state index is 9.41. The van der Waals surface area contributed by atoms with Crippen molar-refractivity contribution in [2.45, 2.75) is 32.2 Å². The third-order valence-electron chi connectivity index (χ3n) is 2.89. The second-order valence-electron chi connectivity index (χ2n) is 3.71. The van der Waals surface area contributed by atoms with Crippen molar-refractivity contribution in [3.8, 4) is 0 Å². The molecule has 0 radical (unpaired) electrons. The maximum atomic E-state index is 9.41. The molecule has 0 saturated carbocycles. The Bertz CT molecular complexity index is 302. The molecule has 0 spiro atoms. The van der Waals surface area contributed by atoms with E-state index in [0.29, 0.717) is 5.82 Å². The van der Waals surface area contributed by atoms with Gasteiger partial charge in [-0.15, -0.1) is 0 Å². The summed E-state index contributed by atoms with van der Waals surface area (Å²) in [6.45, 7) is 4.17. The van der Waals surface area contributed by atoms with Crippen LogP contribution in [0.25, 0.3) is 0 Å². The predicted octanol–water partition coefficient (Wildman–Crippen LogP) is 1.63. The molecule has 15 heavy (non-hydrogen) atoms. The highest BCUT2D eigenvalue weighted by Crippen LogP contribution is 2.24. The van der Waals surface area contributed by atoms with Crippen LogP contribution in [0.5, 0.6) is 0 Å². The zero-order chi connectivity index (χ0) is 11.3. The summed E-state index contributed by atoms with van der Waals surface area (Å²) < 4.78 is 0. The van der Waals surface area contributed by atoms with Crippen molar-refractivity contribution in [3.63, 3.8) is 0 Å². The molecule has 0 aliphatic heterocycles. The van der Waals surface area contributed by atoms with Crippen LogP contribution in [-0.2, 0) is 0 Å². The summed E-state index contributed by atoms with van der Waals surface area (Å²) in [6, 6.07) is 3.70. The number of aliphatic hydroxyl groups is 1. The Labute approximate surface area is 90.5 Å². The Morgan fingerprint density at radius 2 is 2.13 bits per heavy atom. The Hall–Kier alpha value is -1.29. The minimum Gasteiger partial charge on any atom is -0.394 e. The molecule has 1 heterocycles. The molecule has 0 aliphatic rings. The van der Waals surface area contributed by atoms with Crippen LogP contribution in [0.15, 0.2) is 18.3 Å². The van der Waals surface area contributed by atoms with Crippen LogP contribution in [0.2, 0.25) is 0 Å². The summed E-state index contributed by atoms with van der Waals surface area (Å²) in [5.41, 5.74) is 6.23. The molecule has 1 aromatic heterocycles. The van der Waals surface area contributed by atoms with E-state index in [4.69, 9.17) is 5.73 Å². The van der Waals surface area contributed by atoms with Crippen molar-refractivity contribution in [2.24, 2.45) is 0 Å². The topological polar surface area (TPSA) is 71.2 Å². The fourth-order valence-corrected chi connectivity index (χ4v) is 1.50. The third-order valence-corrected chi connectivity index (χ3v) is 2.89. The van der Waals surface area contributed by atoms with Gasteiger partial charge in [-0.25, -0.2) is 4.98 Å². The second-order valence-corrected chi connectivity index (χ2v) is 3.71. The number of aromatic nitrogens is 1. The van der Waals surface area contributed by atoms with E-state index in [1.165, 1.54) is 0 Å². The van der Waals surface area contributed by atoms with Gasteiger partial charge in [-0.3, -0.25) is 0 Å². The molecule has 0 atom stereocenters. The molecule has 4 heteroatoms. The number of nitrogens with zero attached hydrogens (tertiary/aromatic N) is 1. The molecule has 0 aliphatic carbocycles. The SMILES string of the molecule is CCC(CC)(CO)Nc1cccnc1N. The summed E-state index contributed by atoms with van der Waals surface area (Å²) in [6.07, 6.45) is 3.34. The van der Waals surface area contributed by atoms with E-state index in [9.17, 15) is 5.11 Å². The van der Waals surface area contributed by atoms with Gasteiger partial charge in [0, 0.05) is 6.20 Å². The van der Waals surface area contributed by atoms with E-state index in [2.05, 4.69) is 10.3 Å². The molecule has 4 N–H and O–H groups in total. The van der Waals surface area contributed by atoms with Gasteiger partial charge in [0.15, 0.2) is 0 Å². The lowest BCUT2D eigenvalue weighted by molar-refractivity contribution is 0.202. The normalized spacial score (nSPS) is 11.4. The lowest BCUT2D eigenvalue weighted by Crippen LogP contribution is -2.41. The number of hydrogen-bond acceptors (Lipinski definition) is 4. The predicted molar refractivity (Wildman–Crippen MR) is 62.7 cm³/mol. The van der Waals surface area contributed by atoms with Crippen molar-refractivity contribution < 1.29 is 5.11 Å². The van der Waals surface area contributed by atoms with E-state index in [0.717, 1.165) is 18.5 Å². The van der Waals surface area contributed by atoms with E-state index < -0.39 is 0 Å². The van der Waals surface area contributed by atoms with Crippen molar-refractivity contribution in [2.75, 3.05) is 17.7 Å². The number of aliphatic hydroxyl groups excluding tert-OH is 1. The highest BCUT2D eigenvalue weighted by Gasteiger charge is 2.25. The molecule has 1 aromatic rings. The number of anilines is 2. The van der Waals surface area contributed by atoms with Crippen LogP contribution in [-0.4, -0.2) is 22.2 Å². The van der Waals surface area contributed by atoms with E-state index in [-0.39, 0.29) is 12.1 Å². The van der Waals surface area contributed by atoms with Crippen LogP contribution < -0.4 is 11.1 Å². The third kappa shape index (κ3) is 2.59. The highest BCUT2D eigenvalue weighted by atomic mass is 16.3. The van der Waals surface area contributed by atoms with Crippen LogP contribution in [0, 0.1) is 0 Å².